The molecule has 434 valence electrons. The first kappa shape index (κ1) is 68.3. The number of allylic oxidation sites excluding steroid dienone is 5. The third kappa shape index (κ3) is 31.6. The van der Waals surface area contributed by atoms with Gasteiger partial charge in [-0.05, 0) is 51.4 Å². The second-order valence-electron chi connectivity index (χ2n) is 21.5. The number of hydrogen-bond acceptors (Lipinski definition) is 13. The van der Waals surface area contributed by atoms with Crippen LogP contribution in [0.4, 0.5) is 0 Å². The summed E-state index contributed by atoms with van der Waals surface area (Å²) in [6, 6.07) is -0.919. The molecule has 0 radical (unpaired) electrons. The fourth-order valence-electron chi connectivity index (χ4n) is 9.91. The lowest BCUT2D eigenvalue weighted by Crippen LogP contribution is -2.65. The van der Waals surface area contributed by atoms with Crippen molar-refractivity contribution in [2.45, 2.75) is 319 Å². The first-order valence-corrected chi connectivity index (χ1v) is 30.2. The molecule has 2 saturated heterocycles. The van der Waals surface area contributed by atoms with Crippen molar-refractivity contribution in [3.8, 4) is 0 Å². The molecule has 1 amide bonds. The number of carbonyl (C=O) groups is 1. The van der Waals surface area contributed by atoms with E-state index in [9.17, 15) is 45.6 Å². The molecule has 2 aliphatic heterocycles. The second-order valence-corrected chi connectivity index (χ2v) is 21.5. The molecule has 0 saturated carbocycles. The molecule has 0 aromatic heterocycles. The van der Waals surface area contributed by atoms with Gasteiger partial charge in [0, 0.05) is 6.42 Å². The van der Waals surface area contributed by atoms with Gasteiger partial charge in [0.2, 0.25) is 5.91 Å². The van der Waals surface area contributed by atoms with Gasteiger partial charge in [-0.3, -0.25) is 4.79 Å². The number of hydrogen-bond donors (Lipinski definition) is 9. The Hall–Kier alpha value is -1.79. The lowest BCUT2D eigenvalue weighted by atomic mass is 9.97. The zero-order valence-electron chi connectivity index (χ0n) is 46.6. The molecule has 2 aliphatic rings. The van der Waals surface area contributed by atoms with Crippen LogP contribution in [0.25, 0.3) is 0 Å². The molecule has 2 rings (SSSR count). The Balaban J connectivity index is 1.77. The number of aliphatic hydroxyl groups excluding tert-OH is 8. The van der Waals surface area contributed by atoms with Crippen molar-refractivity contribution in [3.63, 3.8) is 0 Å². The Morgan fingerprint density at radius 1 is 0.486 bits per heavy atom. The highest BCUT2D eigenvalue weighted by Crippen LogP contribution is 2.30. The van der Waals surface area contributed by atoms with Crippen LogP contribution >= 0.6 is 0 Å². The molecule has 2 fully saturated rings. The van der Waals surface area contributed by atoms with Gasteiger partial charge < -0.3 is 65.1 Å². The summed E-state index contributed by atoms with van der Waals surface area (Å²) in [4.78, 5) is 13.2. The maximum absolute atomic E-state index is 13.2. The first-order chi connectivity index (χ1) is 36.1. The van der Waals surface area contributed by atoms with E-state index in [1.54, 1.807) is 6.08 Å². The van der Waals surface area contributed by atoms with Gasteiger partial charge in [0.15, 0.2) is 12.6 Å². The molecule has 0 aromatic carbocycles. The van der Waals surface area contributed by atoms with Gasteiger partial charge in [0.05, 0.1) is 32.0 Å². The van der Waals surface area contributed by atoms with Gasteiger partial charge in [-0.2, -0.15) is 0 Å². The lowest BCUT2D eigenvalue weighted by Gasteiger charge is -2.46. The molecule has 0 aromatic rings. The Morgan fingerprint density at radius 3 is 1.36 bits per heavy atom. The Morgan fingerprint density at radius 2 is 0.892 bits per heavy atom. The smallest absolute Gasteiger partial charge is 0.220 e. The fourth-order valence-corrected chi connectivity index (χ4v) is 9.91. The summed E-state index contributed by atoms with van der Waals surface area (Å²) in [6.07, 6.45) is 38.9. The van der Waals surface area contributed by atoms with Crippen LogP contribution in [0.15, 0.2) is 36.5 Å². The molecule has 14 nitrogen and oxygen atoms in total. The minimum Gasteiger partial charge on any atom is -0.394 e. The van der Waals surface area contributed by atoms with E-state index in [0.29, 0.717) is 6.42 Å². The van der Waals surface area contributed by atoms with Crippen molar-refractivity contribution in [2.24, 2.45) is 0 Å². The van der Waals surface area contributed by atoms with Crippen molar-refractivity contribution < 1.29 is 64.6 Å². The van der Waals surface area contributed by atoms with E-state index in [4.69, 9.17) is 18.9 Å². The van der Waals surface area contributed by atoms with E-state index < -0.39 is 86.8 Å². The maximum atomic E-state index is 13.2. The SMILES string of the molecule is CCCCCC/C=C\C/C=C\CCCCCCCCCC(=O)NC(COC1OC(CO)C(OC2OC(CO)C(O)C(O)C2O)C(O)C1O)C(O)/C=C/CCCCCCCCCCCCCCCCCCCCCC. The molecule has 0 bridgehead atoms. The molecule has 9 N–H and O–H groups in total. The van der Waals surface area contributed by atoms with Crippen LogP contribution in [0.3, 0.4) is 0 Å². The van der Waals surface area contributed by atoms with Gasteiger partial charge >= 0.3 is 0 Å². The van der Waals surface area contributed by atoms with Gasteiger partial charge in [-0.1, -0.05) is 224 Å². The third-order valence-corrected chi connectivity index (χ3v) is 14.8. The van der Waals surface area contributed by atoms with E-state index in [1.807, 2.05) is 6.08 Å². The average molecular weight is 1050 g/mol. The second kappa shape index (κ2) is 46.2. The number of aliphatic hydroxyl groups is 8. The molecular weight excluding hydrogens is 943 g/mol. The number of ether oxygens (including phenoxy) is 4. The van der Waals surface area contributed by atoms with Crippen molar-refractivity contribution in [2.75, 3.05) is 19.8 Å². The minimum atomic E-state index is -1.79. The first-order valence-electron chi connectivity index (χ1n) is 30.2. The van der Waals surface area contributed by atoms with Crippen LogP contribution in [0.5, 0.6) is 0 Å². The summed E-state index contributed by atoms with van der Waals surface area (Å²) < 4.78 is 22.8. The van der Waals surface area contributed by atoms with Crippen LogP contribution in [-0.4, -0.2) is 140 Å². The summed E-state index contributed by atoms with van der Waals surface area (Å²) in [5.74, 6) is -0.246. The molecule has 14 heteroatoms. The predicted octanol–water partition coefficient (Wildman–Crippen LogP) is 10.2. The highest BCUT2D eigenvalue weighted by atomic mass is 16.7. The monoisotopic (exact) mass is 1050 g/mol. The Bertz CT molecular complexity index is 1380. The minimum absolute atomic E-state index is 0.246. The zero-order valence-corrected chi connectivity index (χ0v) is 46.6. The summed E-state index contributed by atoms with van der Waals surface area (Å²) in [5.41, 5.74) is 0. The van der Waals surface area contributed by atoms with E-state index in [2.05, 4.69) is 43.5 Å². The zero-order chi connectivity index (χ0) is 53.9. The largest absolute Gasteiger partial charge is 0.394 e. The molecule has 0 aliphatic carbocycles. The number of unbranched alkanes of at least 4 members (excludes halogenated alkanes) is 31. The topological polar surface area (TPSA) is 228 Å². The van der Waals surface area contributed by atoms with Crippen molar-refractivity contribution in [3.05, 3.63) is 36.5 Å². The van der Waals surface area contributed by atoms with E-state index in [1.165, 1.54) is 161 Å². The van der Waals surface area contributed by atoms with Gasteiger partial charge in [-0.25, -0.2) is 0 Å². The van der Waals surface area contributed by atoms with Crippen LogP contribution in [0.2, 0.25) is 0 Å². The number of amides is 1. The Kier molecular flexibility index (Phi) is 42.6. The molecular formula is C60H111NO13. The van der Waals surface area contributed by atoms with Gasteiger partial charge in [0.1, 0.15) is 48.8 Å². The lowest BCUT2D eigenvalue weighted by molar-refractivity contribution is -0.359. The molecule has 2 heterocycles. The van der Waals surface area contributed by atoms with E-state index >= 15 is 0 Å². The standard InChI is InChI=1S/C60H111NO13/c1-3-5-7-9-11-13-15-17-19-21-23-24-25-26-27-29-31-33-35-37-39-41-43-49(64)48(61-52(65)44-42-40-38-36-34-32-30-28-22-20-18-16-14-12-10-8-6-4-2)47-71-59-57(70)55(68)58(51(46-63)73-59)74-60-56(69)54(67)53(66)50(45-62)72-60/h14,16,20,22,41,43,48-51,53-60,62-64,66-70H,3-13,15,17-19,21,23-40,42,44-47H2,1-2H3,(H,61,65)/b16-14-,22-20-,43-41+. The van der Waals surface area contributed by atoms with Crippen LogP contribution in [-0.2, 0) is 23.7 Å². The van der Waals surface area contributed by atoms with Crippen LogP contribution < -0.4 is 5.32 Å². The number of rotatable bonds is 48. The highest BCUT2D eigenvalue weighted by Gasteiger charge is 2.51. The van der Waals surface area contributed by atoms with E-state index in [-0.39, 0.29) is 18.9 Å². The molecule has 12 atom stereocenters. The van der Waals surface area contributed by atoms with Gasteiger partial charge in [0.25, 0.3) is 0 Å². The fraction of sp³-hybridized carbons (Fsp3) is 0.883. The predicted molar refractivity (Wildman–Crippen MR) is 295 cm³/mol. The molecule has 0 spiro atoms. The van der Waals surface area contributed by atoms with Crippen molar-refractivity contribution in [1.29, 1.82) is 0 Å². The number of nitrogens with one attached hydrogen (secondary N) is 1. The van der Waals surface area contributed by atoms with Crippen LogP contribution in [0, 0.1) is 0 Å². The number of carbonyl (C=O) groups excluding carboxylic acids is 1. The van der Waals surface area contributed by atoms with Crippen molar-refractivity contribution in [1.82, 2.24) is 5.32 Å². The quantitative estimate of drug-likeness (QED) is 0.0204. The molecule has 12 unspecified atom stereocenters. The van der Waals surface area contributed by atoms with Gasteiger partial charge in [-0.15, -0.1) is 0 Å². The summed E-state index contributed by atoms with van der Waals surface area (Å²) in [6.45, 7) is 2.79. The summed E-state index contributed by atoms with van der Waals surface area (Å²) >= 11 is 0. The summed E-state index contributed by atoms with van der Waals surface area (Å²) in [7, 11) is 0. The Labute approximate surface area is 449 Å². The average Bonchev–Trinajstić information content (AvgIpc) is 3.40. The van der Waals surface area contributed by atoms with E-state index in [0.717, 1.165) is 57.8 Å². The van der Waals surface area contributed by atoms with Crippen LogP contribution in [0.1, 0.15) is 245 Å². The normalized spacial score (nSPS) is 25.4. The maximum Gasteiger partial charge on any atom is 0.220 e. The third-order valence-electron chi connectivity index (χ3n) is 14.8. The highest BCUT2D eigenvalue weighted by molar-refractivity contribution is 5.76. The van der Waals surface area contributed by atoms with Crippen molar-refractivity contribution >= 4 is 5.91 Å². The molecule has 74 heavy (non-hydrogen) atoms. The summed E-state index contributed by atoms with van der Waals surface area (Å²) in [5, 5.41) is 87.1.